The van der Waals surface area contributed by atoms with E-state index in [1.54, 1.807) is 17.5 Å². The van der Waals surface area contributed by atoms with Crippen molar-refractivity contribution in [1.29, 1.82) is 0 Å². The van der Waals surface area contributed by atoms with Crippen LogP contribution in [-0.2, 0) is 11.3 Å². The Morgan fingerprint density at radius 2 is 2.00 bits per heavy atom. The van der Waals surface area contributed by atoms with Gasteiger partial charge < -0.3 is 10.6 Å². The van der Waals surface area contributed by atoms with Crippen molar-refractivity contribution >= 4 is 42.1 Å². The molecule has 21 heavy (non-hydrogen) atoms. The number of aromatic nitrogens is 1. The first kappa shape index (κ1) is 19.9. The SMILES string of the molecule is CN(Cc1cscn1)C(=O)CC(N)c1ccccc1.Cl.Cl. The molecule has 1 aromatic carbocycles. The van der Waals surface area contributed by atoms with Crippen LogP contribution >= 0.6 is 36.2 Å². The van der Waals surface area contributed by atoms with Crippen LogP contribution in [0.25, 0.3) is 0 Å². The number of rotatable bonds is 5. The summed E-state index contributed by atoms with van der Waals surface area (Å²) in [5.41, 5.74) is 9.71. The average molecular weight is 348 g/mol. The van der Waals surface area contributed by atoms with Crippen molar-refractivity contribution < 1.29 is 4.79 Å². The summed E-state index contributed by atoms with van der Waals surface area (Å²) >= 11 is 1.53. The number of hydrogen-bond acceptors (Lipinski definition) is 4. The van der Waals surface area contributed by atoms with Gasteiger partial charge in [0.1, 0.15) is 0 Å². The maximum absolute atomic E-state index is 12.1. The normalized spacial score (nSPS) is 11.0. The van der Waals surface area contributed by atoms with E-state index in [1.807, 2.05) is 35.7 Å². The highest BCUT2D eigenvalue weighted by atomic mass is 35.5. The monoisotopic (exact) mass is 347 g/mol. The lowest BCUT2D eigenvalue weighted by molar-refractivity contribution is -0.130. The number of nitrogens with zero attached hydrogens (tertiary/aromatic N) is 2. The summed E-state index contributed by atoms with van der Waals surface area (Å²) in [4.78, 5) is 17.9. The highest BCUT2D eigenvalue weighted by Crippen LogP contribution is 2.15. The number of halogens is 2. The lowest BCUT2D eigenvalue weighted by Crippen LogP contribution is -2.29. The number of hydrogen-bond donors (Lipinski definition) is 1. The smallest absolute Gasteiger partial charge is 0.224 e. The standard InChI is InChI=1S/C14H17N3OS.2ClH/c1-17(8-12-9-19-10-16-12)14(18)7-13(15)11-5-3-2-4-6-11;;/h2-6,9-10,13H,7-8,15H2,1H3;2*1H. The summed E-state index contributed by atoms with van der Waals surface area (Å²) < 4.78 is 0. The minimum absolute atomic E-state index is 0. The van der Waals surface area contributed by atoms with Crippen LogP contribution in [0.4, 0.5) is 0 Å². The van der Waals surface area contributed by atoms with E-state index in [9.17, 15) is 4.79 Å². The summed E-state index contributed by atoms with van der Waals surface area (Å²) in [6.45, 7) is 0.532. The minimum Gasteiger partial charge on any atom is -0.340 e. The van der Waals surface area contributed by atoms with E-state index in [0.29, 0.717) is 13.0 Å². The Balaban J connectivity index is 0.00000200. The van der Waals surface area contributed by atoms with E-state index in [2.05, 4.69) is 4.98 Å². The molecule has 1 unspecified atom stereocenters. The fraction of sp³-hybridized carbons (Fsp3) is 0.286. The quantitative estimate of drug-likeness (QED) is 0.904. The van der Waals surface area contributed by atoms with Crippen LogP contribution < -0.4 is 5.73 Å². The van der Waals surface area contributed by atoms with Gasteiger partial charge in [-0.1, -0.05) is 30.3 Å². The number of carbonyl (C=O) groups is 1. The van der Waals surface area contributed by atoms with E-state index in [1.165, 1.54) is 11.3 Å². The van der Waals surface area contributed by atoms with Gasteiger partial charge in [0.25, 0.3) is 0 Å². The second-order valence-electron chi connectivity index (χ2n) is 4.45. The predicted octanol–water partition coefficient (Wildman–Crippen LogP) is 3.04. The third-order valence-electron chi connectivity index (χ3n) is 2.93. The summed E-state index contributed by atoms with van der Waals surface area (Å²) in [5, 5.41) is 1.95. The van der Waals surface area contributed by atoms with Gasteiger partial charge in [0.05, 0.1) is 17.7 Å². The summed E-state index contributed by atoms with van der Waals surface area (Å²) in [6.07, 6.45) is 0.310. The fourth-order valence-corrected chi connectivity index (χ4v) is 2.36. The van der Waals surface area contributed by atoms with Crippen LogP contribution in [-0.4, -0.2) is 22.8 Å². The molecule has 0 radical (unpaired) electrons. The molecule has 0 spiro atoms. The number of carbonyl (C=O) groups excluding carboxylic acids is 1. The molecule has 7 heteroatoms. The van der Waals surface area contributed by atoms with Gasteiger partial charge in [-0.05, 0) is 5.56 Å². The molecular weight excluding hydrogens is 329 g/mol. The van der Waals surface area contributed by atoms with Gasteiger partial charge in [-0.2, -0.15) is 0 Å². The first-order chi connectivity index (χ1) is 9.16. The maximum atomic E-state index is 12.1. The Bertz CT molecular complexity index is 522. The number of thiazole rings is 1. The molecule has 1 aromatic heterocycles. The second kappa shape index (κ2) is 9.73. The highest BCUT2D eigenvalue weighted by molar-refractivity contribution is 7.07. The Morgan fingerprint density at radius 3 is 2.57 bits per heavy atom. The Hall–Kier alpha value is -1.14. The second-order valence-corrected chi connectivity index (χ2v) is 5.17. The number of benzene rings is 1. The van der Waals surface area contributed by atoms with Gasteiger partial charge in [-0.25, -0.2) is 4.98 Å². The zero-order valence-electron chi connectivity index (χ0n) is 11.6. The van der Waals surface area contributed by atoms with Crippen LogP contribution in [0.2, 0.25) is 0 Å². The summed E-state index contributed by atoms with van der Waals surface area (Å²) in [7, 11) is 1.78. The van der Waals surface area contributed by atoms with Gasteiger partial charge in [-0.3, -0.25) is 4.79 Å². The molecule has 4 nitrogen and oxygen atoms in total. The van der Waals surface area contributed by atoms with Crippen LogP contribution in [0.15, 0.2) is 41.2 Å². The third-order valence-corrected chi connectivity index (χ3v) is 3.57. The van der Waals surface area contributed by atoms with Crippen molar-refractivity contribution in [3.63, 3.8) is 0 Å². The Labute approximate surface area is 141 Å². The molecule has 0 aliphatic rings. The van der Waals surface area contributed by atoms with Crippen LogP contribution in [0, 0.1) is 0 Å². The average Bonchev–Trinajstić information content (AvgIpc) is 2.92. The van der Waals surface area contributed by atoms with Gasteiger partial charge in [-0.15, -0.1) is 36.2 Å². The van der Waals surface area contributed by atoms with E-state index in [-0.39, 0.29) is 36.8 Å². The molecule has 1 atom stereocenters. The number of amides is 1. The van der Waals surface area contributed by atoms with E-state index >= 15 is 0 Å². The van der Waals surface area contributed by atoms with Crippen LogP contribution in [0.3, 0.4) is 0 Å². The van der Waals surface area contributed by atoms with Gasteiger partial charge >= 0.3 is 0 Å². The van der Waals surface area contributed by atoms with Crippen molar-refractivity contribution in [3.05, 3.63) is 52.5 Å². The summed E-state index contributed by atoms with van der Waals surface area (Å²) in [5.74, 6) is 0.0318. The van der Waals surface area contributed by atoms with Crippen LogP contribution in [0.5, 0.6) is 0 Å². The Morgan fingerprint density at radius 1 is 1.33 bits per heavy atom. The molecule has 0 fully saturated rings. The molecule has 1 amide bonds. The molecule has 2 aromatic rings. The highest BCUT2D eigenvalue weighted by Gasteiger charge is 2.15. The first-order valence-electron chi connectivity index (χ1n) is 6.08. The zero-order valence-corrected chi connectivity index (χ0v) is 14.1. The lowest BCUT2D eigenvalue weighted by atomic mass is 10.0. The number of nitrogens with two attached hydrogens (primary N) is 1. The van der Waals surface area contributed by atoms with Crippen molar-refractivity contribution in [3.8, 4) is 0 Å². The van der Waals surface area contributed by atoms with Crippen molar-refractivity contribution in [2.45, 2.75) is 19.0 Å². The molecule has 1 heterocycles. The fourth-order valence-electron chi connectivity index (χ4n) is 1.81. The molecule has 0 saturated heterocycles. The summed E-state index contributed by atoms with van der Waals surface area (Å²) in [6, 6.07) is 9.42. The first-order valence-corrected chi connectivity index (χ1v) is 7.02. The van der Waals surface area contributed by atoms with Crippen molar-refractivity contribution in [1.82, 2.24) is 9.88 Å². The lowest BCUT2D eigenvalue weighted by Gasteiger charge is -2.19. The van der Waals surface area contributed by atoms with Gasteiger partial charge in [0.2, 0.25) is 5.91 Å². The molecule has 0 aliphatic carbocycles. The third kappa shape index (κ3) is 6.01. The molecule has 0 aliphatic heterocycles. The molecular formula is C14H19Cl2N3OS. The Kier molecular flexibility index (Phi) is 9.21. The molecule has 2 rings (SSSR count). The van der Waals surface area contributed by atoms with E-state index < -0.39 is 0 Å². The minimum atomic E-state index is -0.258. The van der Waals surface area contributed by atoms with Crippen molar-refractivity contribution in [2.24, 2.45) is 5.73 Å². The van der Waals surface area contributed by atoms with Crippen LogP contribution in [0.1, 0.15) is 23.7 Å². The molecule has 2 N–H and O–H groups in total. The van der Waals surface area contributed by atoms with E-state index in [0.717, 1.165) is 11.3 Å². The largest absolute Gasteiger partial charge is 0.340 e. The topological polar surface area (TPSA) is 59.2 Å². The van der Waals surface area contributed by atoms with Gasteiger partial charge in [0.15, 0.2) is 0 Å². The zero-order chi connectivity index (χ0) is 13.7. The maximum Gasteiger partial charge on any atom is 0.224 e. The van der Waals surface area contributed by atoms with Gasteiger partial charge in [0, 0.05) is 24.9 Å². The van der Waals surface area contributed by atoms with E-state index in [4.69, 9.17) is 5.73 Å². The molecule has 116 valence electrons. The van der Waals surface area contributed by atoms with Crippen molar-refractivity contribution in [2.75, 3.05) is 7.05 Å². The molecule has 0 bridgehead atoms. The molecule has 0 saturated carbocycles. The predicted molar refractivity (Wildman–Crippen MR) is 91.1 cm³/mol.